The highest BCUT2D eigenvalue weighted by atomic mass is 35.5. The number of benzene rings is 2. The van der Waals surface area contributed by atoms with Crippen molar-refractivity contribution in [3.05, 3.63) is 48.0 Å². The molecule has 0 aliphatic carbocycles. The number of nitrogens with one attached hydrogen (secondary N) is 2. The number of nitrogen functional groups attached to an aromatic ring is 1. The van der Waals surface area contributed by atoms with Crippen LogP contribution in [0.2, 0.25) is 0 Å². The molecule has 0 aliphatic rings. The van der Waals surface area contributed by atoms with Crippen molar-refractivity contribution in [2.24, 2.45) is 0 Å². The fourth-order valence-electron chi connectivity index (χ4n) is 2.17. The van der Waals surface area contributed by atoms with Gasteiger partial charge in [0.2, 0.25) is 5.91 Å². The molecule has 0 saturated carbocycles. The Hall–Kier alpha value is -2.73. The molecule has 2 aromatic carbocycles. The van der Waals surface area contributed by atoms with Crippen LogP contribution in [0, 0.1) is 0 Å². The number of fused-ring (bicyclic) bond motifs is 1. The lowest BCUT2D eigenvalue weighted by atomic mass is 10.1. The van der Waals surface area contributed by atoms with Gasteiger partial charge in [0.25, 0.3) is 0 Å². The molecule has 0 fully saturated rings. The highest BCUT2D eigenvalue weighted by molar-refractivity contribution is 5.97. The molecule has 0 saturated heterocycles. The summed E-state index contributed by atoms with van der Waals surface area (Å²) in [5.74, 6) is 0.379. The fourth-order valence-corrected chi connectivity index (χ4v) is 2.17. The SMILES string of the molecule is Cl.Nc1n[nH]c2ccc(NC(=O)Cc3cccc(O)c3)cc12. The number of phenols is 1. The molecule has 3 rings (SSSR count). The molecule has 7 heteroatoms. The molecule has 5 N–H and O–H groups in total. The van der Waals surface area contributed by atoms with E-state index in [9.17, 15) is 9.90 Å². The number of carbonyl (C=O) groups excluding carboxylic acids is 1. The zero-order valence-corrected chi connectivity index (χ0v) is 12.4. The number of nitrogens with two attached hydrogens (primary N) is 1. The summed E-state index contributed by atoms with van der Waals surface area (Å²) < 4.78 is 0. The highest BCUT2D eigenvalue weighted by Gasteiger charge is 2.07. The van der Waals surface area contributed by atoms with E-state index in [1.165, 1.54) is 0 Å². The largest absolute Gasteiger partial charge is 0.508 e. The number of aromatic amines is 1. The van der Waals surface area contributed by atoms with Gasteiger partial charge in [0.1, 0.15) is 5.75 Å². The van der Waals surface area contributed by atoms with E-state index < -0.39 is 0 Å². The summed E-state index contributed by atoms with van der Waals surface area (Å²) in [5.41, 5.74) is 7.95. The summed E-state index contributed by atoms with van der Waals surface area (Å²) in [5, 5.41) is 19.7. The summed E-state index contributed by atoms with van der Waals surface area (Å²) >= 11 is 0. The minimum Gasteiger partial charge on any atom is -0.508 e. The van der Waals surface area contributed by atoms with Crippen molar-refractivity contribution in [1.29, 1.82) is 0 Å². The Morgan fingerprint density at radius 1 is 1.27 bits per heavy atom. The Balaban J connectivity index is 0.00000176. The predicted octanol–water partition coefficient (Wildman–Crippen LogP) is 2.45. The number of hydrogen-bond donors (Lipinski definition) is 4. The lowest BCUT2D eigenvalue weighted by molar-refractivity contribution is -0.115. The molecule has 0 spiro atoms. The van der Waals surface area contributed by atoms with E-state index in [2.05, 4.69) is 15.5 Å². The maximum Gasteiger partial charge on any atom is 0.228 e. The Morgan fingerprint density at radius 3 is 2.86 bits per heavy atom. The summed E-state index contributed by atoms with van der Waals surface area (Å²) in [6.07, 6.45) is 0.188. The van der Waals surface area contributed by atoms with Crippen LogP contribution < -0.4 is 11.1 Å². The zero-order chi connectivity index (χ0) is 14.8. The van der Waals surface area contributed by atoms with Crippen LogP contribution in [0.15, 0.2) is 42.5 Å². The van der Waals surface area contributed by atoms with Crippen molar-refractivity contribution in [3.8, 4) is 5.75 Å². The first kappa shape index (κ1) is 15.7. The number of rotatable bonds is 3. The van der Waals surface area contributed by atoms with Gasteiger partial charge in [-0.2, -0.15) is 5.10 Å². The third-order valence-corrected chi connectivity index (χ3v) is 3.15. The number of aromatic nitrogens is 2. The van der Waals surface area contributed by atoms with Crippen molar-refractivity contribution in [3.63, 3.8) is 0 Å². The van der Waals surface area contributed by atoms with Crippen LogP contribution in [-0.4, -0.2) is 21.2 Å². The molecule has 0 atom stereocenters. The second-order valence-electron chi connectivity index (χ2n) is 4.76. The van der Waals surface area contributed by atoms with Crippen LogP contribution in [-0.2, 0) is 11.2 Å². The van der Waals surface area contributed by atoms with E-state index in [4.69, 9.17) is 5.73 Å². The molecular weight excluding hydrogens is 304 g/mol. The molecule has 1 aromatic heterocycles. The van der Waals surface area contributed by atoms with E-state index in [0.717, 1.165) is 16.5 Å². The van der Waals surface area contributed by atoms with Crippen molar-refractivity contribution < 1.29 is 9.90 Å². The molecule has 1 amide bonds. The molecule has 6 nitrogen and oxygen atoms in total. The standard InChI is InChI=1S/C15H14N4O2.ClH/c16-15-12-8-10(4-5-13(12)18-19-15)17-14(21)7-9-2-1-3-11(20)6-9;/h1-6,8,20H,7H2,(H,17,21)(H3,16,18,19);1H. The van der Waals surface area contributed by atoms with Gasteiger partial charge in [-0.15, -0.1) is 12.4 Å². The van der Waals surface area contributed by atoms with Crippen molar-refractivity contribution >= 4 is 40.7 Å². The molecule has 0 radical (unpaired) electrons. The van der Waals surface area contributed by atoms with Gasteiger partial charge < -0.3 is 16.2 Å². The van der Waals surface area contributed by atoms with Gasteiger partial charge in [-0.3, -0.25) is 9.89 Å². The lowest BCUT2D eigenvalue weighted by Crippen LogP contribution is -2.14. The molecule has 0 unspecified atom stereocenters. The predicted molar refractivity (Wildman–Crippen MR) is 88.2 cm³/mol. The first-order valence-electron chi connectivity index (χ1n) is 6.43. The molecule has 3 aromatic rings. The van der Waals surface area contributed by atoms with Crippen LogP contribution in [0.25, 0.3) is 10.9 Å². The maximum absolute atomic E-state index is 12.0. The number of aromatic hydroxyl groups is 1. The average molecular weight is 319 g/mol. The van der Waals surface area contributed by atoms with Crippen LogP contribution in [0.1, 0.15) is 5.56 Å². The third-order valence-electron chi connectivity index (χ3n) is 3.15. The monoisotopic (exact) mass is 318 g/mol. The van der Waals surface area contributed by atoms with Gasteiger partial charge in [0, 0.05) is 11.1 Å². The minimum atomic E-state index is -0.165. The Morgan fingerprint density at radius 2 is 2.09 bits per heavy atom. The number of phenolic OH excluding ortho intramolecular Hbond substituents is 1. The Bertz CT molecular complexity index is 816. The molecule has 22 heavy (non-hydrogen) atoms. The first-order chi connectivity index (χ1) is 10.1. The summed E-state index contributed by atoms with van der Waals surface area (Å²) in [7, 11) is 0. The van der Waals surface area contributed by atoms with E-state index in [1.54, 1.807) is 36.4 Å². The van der Waals surface area contributed by atoms with Crippen LogP contribution in [0.4, 0.5) is 11.5 Å². The minimum absolute atomic E-state index is 0. The summed E-state index contributed by atoms with van der Waals surface area (Å²) in [4.78, 5) is 12.0. The topological polar surface area (TPSA) is 104 Å². The van der Waals surface area contributed by atoms with Crippen LogP contribution >= 0.6 is 12.4 Å². The first-order valence-corrected chi connectivity index (χ1v) is 6.43. The average Bonchev–Trinajstić information content (AvgIpc) is 2.80. The summed E-state index contributed by atoms with van der Waals surface area (Å²) in [6.45, 7) is 0. The van der Waals surface area contributed by atoms with Gasteiger partial charge in [-0.25, -0.2) is 0 Å². The van der Waals surface area contributed by atoms with Crippen molar-refractivity contribution in [1.82, 2.24) is 10.2 Å². The number of nitrogens with zero attached hydrogens (tertiary/aromatic N) is 1. The molecule has 114 valence electrons. The van der Waals surface area contributed by atoms with Crippen LogP contribution in [0.5, 0.6) is 5.75 Å². The van der Waals surface area contributed by atoms with Gasteiger partial charge in [-0.1, -0.05) is 12.1 Å². The smallest absolute Gasteiger partial charge is 0.228 e. The van der Waals surface area contributed by atoms with Crippen molar-refractivity contribution in [2.45, 2.75) is 6.42 Å². The van der Waals surface area contributed by atoms with Crippen molar-refractivity contribution in [2.75, 3.05) is 11.1 Å². The normalized spacial score (nSPS) is 10.2. The van der Waals surface area contributed by atoms with Gasteiger partial charge >= 0.3 is 0 Å². The number of carbonyl (C=O) groups is 1. The van der Waals surface area contributed by atoms with E-state index in [0.29, 0.717) is 11.5 Å². The quantitative estimate of drug-likeness (QED) is 0.595. The van der Waals surface area contributed by atoms with E-state index in [1.807, 2.05) is 6.07 Å². The number of H-pyrrole nitrogens is 1. The van der Waals surface area contributed by atoms with Gasteiger partial charge in [0.15, 0.2) is 5.82 Å². The zero-order valence-electron chi connectivity index (χ0n) is 11.5. The number of hydrogen-bond acceptors (Lipinski definition) is 4. The number of amides is 1. The number of anilines is 2. The van der Waals surface area contributed by atoms with Crippen LogP contribution in [0.3, 0.4) is 0 Å². The van der Waals surface area contributed by atoms with E-state index in [-0.39, 0.29) is 30.5 Å². The van der Waals surface area contributed by atoms with E-state index >= 15 is 0 Å². The summed E-state index contributed by atoms with van der Waals surface area (Å²) in [6, 6.07) is 12.0. The fraction of sp³-hybridized carbons (Fsp3) is 0.0667. The maximum atomic E-state index is 12.0. The Kier molecular flexibility index (Phi) is 4.53. The highest BCUT2D eigenvalue weighted by Crippen LogP contribution is 2.22. The lowest BCUT2D eigenvalue weighted by Gasteiger charge is -2.06. The Labute approximate surface area is 132 Å². The molecular formula is C15H15ClN4O2. The van der Waals surface area contributed by atoms with Gasteiger partial charge in [-0.05, 0) is 35.9 Å². The molecule has 0 bridgehead atoms. The molecule has 1 heterocycles. The second-order valence-corrected chi connectivity index (χ2v) is 4.76. The number of halogens is 1. The third kappa shape index (κ3) is 3.29. The molecule has 0 aliphatic heterocycles. The van der Waals surface area contributed by atoms with Gasteiger partial charge in [0.05, 0.1) is 11.9 Å². The second kappa shape index (κ2) is 6.36.